The number of rotatable bonds is 2. The van der Waals surface area contributed by atoms with Crippen molar-refractivity contribution in [3.05, 3.63) is 22.8 Å². The maximum Gasteiger partial charge on any atom is 0.338 e. The molecule has 1 aromatic rings. The van der Waals surface area contributed by atoms with E-state index >= 15 is 0 Å². The highest BCUT2D eigenvalue weighted by molar-refractivity contribution is 7.91. The van der Waals surface area contributed by atoms with Gasteiger partial charge in [-0.1, -0.05) is 11.6 Å². The van der Waals surface area contributed by atoms with Gasteiger partial charge in [-0.05, 0) is 12.1 Å². The van der Waals surface area contributed by atoms with Crippen molar-refractivity contribution in [3.63, 3.8) is 0 Å². The highest BCUT2D eigenvalue weighted by Gasteiger charge is 2.23. The van der Waals surface area contributed by atoms with Gasteiger partial charge < -0.3 is 9.64 Å². The first-order chi connectivity index (χ1) is 8.91. The minimum absolute atomic E-state index is 0.0781. The standard InChI is InChI=1S/C11H13ClN2O4S/c1-18-11(15)8-6-9(12)13-10(7-8)14-2-4-19(16,17)5-3-14/h6-7H,2-5H2,1H3. The van der Waals surface area contributed by atoms with Crippen LogP contribution in [0.5, 0.6) is 0 Å². The number of nitrogens with zero attached hydrogens (tertiary/aromatic N) is 2. The molecule has 0 atom stereocenters. The van der Waals surface area contributed by atoms with Crippen LogP contribution in [0, 0.1) is 0 Å². The number of methoxy groups -OCH3 is 1. The summed E-state index contributed by atoms with van der Waals surface area (Å²) in [5, 5.41) is 0.173. The molecule has 1 aliphatic heterocycles. The lowest BCUT2D eigenvalue weighted by molar-refractivity contribution is 0.0600. The molecule has 104 valence electrons. The predicted octanol–water partition coefficient (Wildman–Crippen LogP) is 0.756. The van der Waals surface area contributed by atoms with E-state index in [9.17, 15) is 13.2 Å². The van der Waals surface area contributed by atoms with E-state index in [1.807, 2.05) is 0 Å². The minimum Gasteiger partial charge on any atom is -0.465 e. The topological polar surface area (TPSA) is 76.6 Å². The number of esters is 1. The molecule has 6 nitrogen and oxygen atoms in total. The van der Waals surface area contributed by atoms with Gasteiger partial charge in [0.15, 0.2) is 9.84 Å². The zero-order chi connectivity index (χ0) is 14.0. The quantitative estimate of drug-likeness (QED) is 0.593. The molecule has 1 saturated heterocycles. The molecule has 0 N–H and O–H groups in total. The first kappa shape index (κ1) is 14.1. The third-order valence-electron chi connectivity index (χ3n) is 2.87. The zero-order valence-corrected chi connectivity index (χ0v) is 11.9. The van der Waals surface area contributed by atoms with Crippen molar-refractivity contribution < 1.29 is 17.9 Å². The maximum absolute atomic E-state index is 11.5. The zero-order valence-electron chi connectivity index (χ0n) is 10.3. The molecule has 0 aromatic carbocycles. The molecule has 8 heteroatoms. The molecule has 19 heavy (non-hydrogen) atoms. The fraction of sp³-hybridized carbons (Fsp3) is 0.455. The molecule has 2 rings (SSSR count). The van der Waals surface area contributed by atoms with Crippen LogP contribution in [-0.2, 0) is 14.6 Å². The van der Waals surface area contributed by atoms with Gasteiger partial charge in [0.05, 0.1) is 24.2 Å². The average molecular weight is 305 g/mol. The second-order valence-electron chi connectivity index (χ2n) is 4.17. The van der Waals surface area contributed by atoms with Gasteiger partial charge in [0.25, 0.3) is 0 Å². The average Bonchev–Trinajstić information content (AvgIpc) is 2.37. The highest BCUT2D eigenvalue weighted by atomic mass is 35.5. The third kappa shape index (κ3) is 3.36. The fourth-order valence-corrected chi connectivity index (χ4v) is 3.23. The summed E-state index contributed by atoms with van der Waals surface area (Å²) >= 11 is 5.86. The Morgan fingerprint density at radius 1 is 1.37 bits per heavy atom. The Morgan fingerprint density at radius 3 is 2.58 bits per heavy atom. The molecule has 0 radical (unpaired) electrons. The van der Waals surface area contributed by atoms with Gasteiger partial charge in [0.2, 0.25) is 0 Å². The fourth-order valence-electron chi connectivity index (χ4n) is 1.82. The Kier molecular flexibility index (Phi) is 3.96. The largest absolute Gasteiger partial charge is 0.465 e. The first-order valence-electron chi connectivity index (χ1n) is 5.62. The normalized spacial score (nSPS) is 18.1. The Morgan fingerprint density at radius 2 is 2.00 bits per heavy atom. The maximum atomic E-state index is 11.5. The Bertz CT molecular complexity index is 589. The SMILES string of the molecule is COC(=O)c1cc(Cl)nc(N2CCS(=O)(=O)CC2)c1. The first-order valence-corrected chi connectivity index (χ1v) is 7.82. The predicted molar refractivity (Wildman–Crippen MR) is 71.5 cm³/mol. The summed E-state index contributed by atoms with van der Waals surface area (Å²) in [6.07, 6.45) is 0. The second kappa shape index (κ2) is 5.34. The van der Waals surface area contributed by atoms with Gasteiger partial charge in [-0.15, -0.1) is 0 Å². The van der Waals surface area contributed by atoms with E-state index in [0.29, 0.717) is 24.5 Å². The van der Waals surface area contributed by atoms with Gasteiger partial charge in [0, 0.05) is 13.1 Å². The van der Waals surface area contributed by atoms with E-state index in [1.54, 1.807) is 11.0 Å². The summed E-state index contributed by atoms with van der Waals surface area (Å²) in [6, 6.07) is 2.97. The molecule has 1 aliphatic rings. The number of carbonyl (C=O) groups excluding carboxylic acids is 1. The number of aromatic nitrogens is 1. The number of halogens is 1. The summed E-state index contributed by atoms with van der Waals surface area (Å²) in [6.45, 7) is 0.687. The van der Waals surface area contributed by atoms with Gasteiger partial charge in [-0.25, -0.2) is 18.2 Å². The number of anilines is 1. The summed E-state index contributed by atoms with van der Waals surface area (Å²) in [4.78, 5) is 17.4. The molecule has 0 saturated carbocycles. The van der Waals surface area contributed by atoms with E-state index in [1.165, 1.54) is 13.2 Å². The molecule has 1 fully saturated rings. The van der Waals surface area contributed by atoms with Crippen molar-refractivity contribution in [2.75, 3.05) is 36.6 Å². The smallest absolute Gasteiger partial charge is 0.338 e. The van der Waals surface area contributed by atoms with E-state index in [0.717, 1.165) is 0 Å². The third-order valence-corrected chi connectivity index (χ3v) is 4.67. The van der Waals surface area contributed by atoms with Crippen molar-refractivity contribution >= 4 is 33.2 Å². The molecule has 1 aromatic heterocycles. The van der Waals surface area contributed by atoms with Gasteiger partial charge >= 0.3 is 5.97 Å². The van der Waals surface area contributed by atoms with Crippen molar-refractivity contribution in [1.29, 1.82) is 0 Å². The van der Waals surface area contributed by atoms with E-state index < -0.39 is 15.8 Å². The summed E-state index contributed by atoms with van der Waals surface area (Å²) < 4.78 is 27.4. The monoisotopic (exact) mass is 304 g/mol. The highest BCUT2D eigenvalue weighted by Crippen LogP contribution is 2.20. The lowest BCUT2D eigenvalue weighted by atomic mass is 10.2. The van der Waals surface area contributed by atoms with Crippen molar-refractivity contribution in [2.24, 2.45) is 0 Å². The number of hydrogen-bond acceptors (Lipinski definition) is 6. The van der Waals surface area contributed by atoms with Crippen LogP contribution in [0.1, 0.15) is 10.4 Å². The summed E-state index contributed by atoms with van der Waals surface area (Å²) in [5.41, 5.74) is 0.297. The van der Waals surface area contributed by atoms with Gasteiger partial charge in [-0.3, -0.25) is 0 Å². The van der Waals surface area contributed by atoms with Crippen LogP contribution >= 0.6 is 11.6 Å². The molecular formula is C11H13ClN2O4S. The number of carbonyl (C=O) groups is 1. The lowest BCUT2D eigenvalue weighted by Crippen LogP contribution is -2.40. The van der Waals surface area contributed by atoms with Crippen LogP contribution in [0.2, 0.25) is 5.15 Å². The van der Waals surface area contributed by atoms with E-state index in [-0.39, 0.29) is 16.7 Å². The van der Waals surface area contributed by atoms with E-state index in [4.69, 9.17) is 11.6 Å². The van der Waals surface area contributed by atoms with Crippen molar-refractivity contribution in [3.8, 4) is 0 Å². The second-order valence-corrected chi connectivity index (χ2v) is 6.86. The molecular weight excluding hydrogens is 292 g/mol. The van der Waals surface area contributed by atoms with Crippen molar-refractivity contribution in [1.82, 2.24) is 4.98 Å². The minimum atomic E-state index is -2.96. The van der Waals surface area contributed by atoms with Crippen LogP contribution in [0.4, 0.5) is 5.82 Å². The summed E-state index contributed by atoms with van der Waals surface area (Å²) in [7, 11) is -1.68. The molecule has 0 bridgehead atoms. The Balaban J connectivity index is 2.26. The lowest BCUT2D eigenvalue weighted by Gasteiger charge is -2.27. The van der Waals surface area contributed by atoms with Gasteiger partial charge in [0.1, 0.15) is 11.0 Å². The van der Waals surface area contributed by atoms with Crippen LogP contribution < -0.4 is 4.90 Å². The van der Waals surface area contributed by atoms with Crippen molar-refractivity contribution in [2.45, 2.75) is 0 Å². The molecule has 2 heterocycles. The van der Waals surface area contributed by atoms with Crippen LogP contribution in [0.3, 0.4) is 0 Å². The van der Waals surface area contributed by atoms with E-state index in [2.05, 4.69) is 9.72 Å². The summed E-state index contributed by atoms with van der Waals surface area (Å²) in [5.74, 6) is 0.140. The molecule has 0 unspecified atom stereocenters. The molecule has 0 spiro atoms. The number of sulfone groups is 1. The van der Waals surface area contributed by atoms with Crippen LogP contribution in [0.25, 0.3) is 0 Å². The van der Waals surface area contributed by atoms with Crippen LogP contribution in [0.15, 0.2) is 12.1 Å². The molecule has 0 amide bonds. The number of pyridine rings is 1. The van der Waals surface area contributed by atoms with Crippen LogP contribution in [-0.4, -0.2) is 51.1 Å². The Labute approximate surface area is 116 Å². The van der Waals surface area contributed by atoms with Gasteiger partial charge in [-0.2, -0.15) is 0 Å². The Hall–Kier alpha value is -1.34. The molecule has 0 aliphatic carbocycles. The number of hydrogen-bond donors (Lipinski definition) is 0. The number of ether oxygens (including phenoxy) is 1.